The first-order chi connectivity index (χ1) is 11.7. The molecule has 1 aromatic carbocycles. The number of nitrogens with one attached hydrogen (secondary N) is 1. The van der Waals surface area contributed by atoms with Crippen molar-refractivity contribution in [1.82, 2.24) is 19.4 Å². The second-order valence-corrected chi connectivity index (χ2v) is 8.67. The van der Waals surface area contributed by atoms with E-state index in [4.69, 9.17) is 0 Å². The first-order valence-electron chi connectivity index (χ1n) is 8.06. The van der Waals surface area contributed by atoms with Gasteiger partial charge in [-0.3, -0.25) is 9.89 Å². The van der Waals surface area contributed by atoms with E-state index in [2.05, 4.69) is 10.2 Å². The van der Waals surface area contributed by atoms with Gasteiger partial charge in [0.15, 0.2) is 0 Å². The van der Waals surface area contributed by atoms with E-state index in [0.29, 0.717) is 24.2 Å². The lowest BCUT2D eigenvalue weighted by molar-refractivity contribution is 0.0734. The Balaban J connectivity index is 1.98. The van der Waals surface area contributed by atoms with Gasteiger partial charge in [0.05, 0.1) is 11.1 Å². The molecular formula is C17H22N4O3S. The number of benzene rings is 1. The number of hydrogen-bond donors (Lipinski definition) is 1. The molecule has 8 heteroatoms. The Morgan fingerprint density at radius 1 is 1.28 bits per heavy atom. The fourth-order valence-electron chi connectivity index (χ4n) is 2.99. The fourth-order valence-corrected chi connectivity index (χ4v) is 4.21. The zero-order valence-corrected chi connectivity index (χ0v) is 15.6. The van der Waals surface area contributed by atoms with Crippen molar-refractivity contribution in [3.05, 3.63) is 46.3 Å². The van der Waals surface area contributed by atoms with Gasteiger partial charge in [-0.05, 0) is 37.1 Å². The first kappa shape index (κ1) is 17.6. The number of aromatic amines is 1. The molecule has 1 aromatic heterocycles. The topological polar surface area (TPSA) is 86.4 Å². The summed E-state index contributed by atoms with van der Waals surface area (Å²) < 4.78 is 26.3. The molecule has 0 saturated carbocycles. The molecule has 1 N–H and O–H groups in total. The molecule has 1 aliphatic rings. The standard InChI is InChI=1S/C17H22N4O3S/c1-11-7-13(8-16(12(11)2)25(23,24)20(3)4)17(22)21-6-5-15-14(10-21)9-18-19-15/h7-9H,5-6,10H2,1-4H3,(H,18,19). The molecule has 134 valence electrons. The van der Waals surface area contributed by atoms with Gasteiger partial charge in [-0.25, -0.2) is 12.7 Å². The quantitative estimate of drug-likeness (QED) is 0.896. The summed E-state index contributed by atoms with van der Waals surface area (Å²) in [5.41, 5.74) is 3.91. The van der Waals surface area contributed by atoms with Crippen molar-refractivity contribution in [1.29, 1.82) is 0 Å². The second-order valence-electron chi connectivity index (χ2n) is 6.55. The number of nitrogens with zero attached hydrogens (tertiary/aromatic N) is 3. The highest BCUT2D eigenvalue weighted by molar-refractivity contribution is 7.89. The Morgan fingerprint density at radius 2 is 2.00 bits per heavy atom. The minimum Gasteiger partial charge on any atom is -0.334 e. The number of carbonyl (C=O) groups excluding carboxylic acids is 1. The predicted octanol–water partition coefficient (Wildman–Crippen LogP) is 1.48. The molecule has 2 aromatic rings. The van der Waals surface area contributed by atoms with Crippen LogP contribution in [-0.4, -0.2) is 54.4 Å². The SMILES string of the molecule is Cc1cc(C(=O)N2CCc3[nH]ncc3C2)cc(S(=O)(=O)N(C)C)c1C. The number of amides is 1. The Labute approximate surface area is 147 Å². The van der Waals surface area contributed by atoms with Gasteiger partial charge in [-0.2, -0.15) is 5.10 Å². The molecule has 0 spiro atoms. The van der Waals surface area contributed by atoms with E-state index in [1.54, 1.807) is 24.1 Å². The number of H-pyrrole nitrogens is 1. The van der Waals surface area contributed by atoms with Gasteiger partial charge < -0.3 is 4.90 Å². The Hall–Kier alpha value is -2.19. The molecule has 25 heavy (non-hydrogen) atoms. The van der Waals surface area contributed by atoms with Crippen molar-refractivity contribution in [3.8, 4) is 0 Å². The maximum atomic E-state index is 12.9. The Kier molecular flexibility index (Phi) is 4.42. The van der Waals surface area contributed by atoms with Gasteiger partial charge in [0.1, 0.15) is 0 Å². The van der Waals surface area contributed by atoms with E-state index in [1.165, 1.54) is 24.5 Å². The van der Waals surface area contributed by atoms with Crippen LogP contribution in [0.25, 0.3) is 0 Å². The predicted molar refractivity (Wildman–Crippen MR) is 93.8 cm³/mol. The van der Waals surface area contributed by atoms with Crippen LogP contribution in [0, 0.1) is 13.8 Å². The van der Waals surface area contributed by atoms with Gasteiger partial charge in [0.25, 0.3) is 5.91 Å². The highest BCUT2D eigenvalue weighted by Crippen LogP contribution is 2.25. The third-order valence-corrected chi connectivity index (χ3v) is 6.65. The molecule has 0 aliphatic carbocycles. The average molecular weight is 362 g/mol. The van der Waals surface area contributed by atoms with Crippen LogP contribution >= 0.6 is 0 Å². The van der Waals surface area contributed by atoms with Crippen LogP contribution in [0.1, 0.15) is 32.7 Å². The van der Waals surface area contributed by atoms with Crippen molar-refractivity contribution in [2.24, 2.45) is 0 Å². The summed E-state index contributed by atoms with van der Waals surface area (Å²) in [4.78, 5) is 14.8. The first-order valence-corrected chi connectivity index (χ1v) is 9.50. The maximum absolute atomic E-state index is 12.9. The third kappa shape index (κ3) is 3.07. The van der Waals surface area contributed by atoms with E-state index in [0.717, 1.165) is 23.2 Å². The van der Waals surface area contributed by atoms with E-state index < -0.39 is 10.0 Å². The molecule has 2 heterocycles. The van der Waals surface area contributed by atoms with E-state index in [-0.39, 0.29) is 10.8 Å². The lowest BCUT2D eigenvalue weighted by Crippen LogP contribution is -2.36. The number of hydrogen-bond acceptors (Lipinski definition) is 4. The van der Waals surface area contributed by atoms with Crippen LogP contribution in [-0.2, 0) is 23.0 Å². The molecule has 1 aliphatic heterocycles. The smallest absolute Gasteiger partial charge is 0.254 e. The highest BCUT2D eigenvalue weighted by atomic mass is 32.2. The molecule has 1 amide bonds. The maximum Gasteiger partial charge on any atom is 0.254 e. The Bertz CT molecular complexity index is 931. The van der Waals surface area contributed by atoms with Gasteiger partial charge in [0, 0.05) is 50.4 Å². The summed E-state index contributed by atoms with van der Waals surface area (Å²) in [5, 5.41) is 6.96. The Morgan fingerprint density at radius 3 is 2.68 bits per heavy atom. The van der Waals surface area contributed by atoms with Crippen LogP contribution in [0.15, 0.2) is 23.2 Å². The number of aromatic nitrogens is 2. The molecular weight excluding hydrogens is 340 g/mol. The van der Waals surface area contributed by atoms with Gasteiger partial charge in [-0.15, -0.1) is 0 Å². The van der Waals surface area contributed by atoms with Crippen molar-refractivity contribution < 1.29 is 13.2 Å². The minimum absolute atomic E-state index is 0.162. The van der Waals surface area contributed by atoms with Crippen LogP contribution in [0.3, 0.4) is 0 Å². The summed E-state index contributed by atoms with van der Waals surface area (Å²) in [7, 11) is -0.629. The number of sulfonamides is 1. The molecule has 0 unspecified atom stereocenters. The molecule has 0 fully saturated rings. The van der Waals surface area contributed by atoms with Crippen LogP contribution in [0.2, 0.25) is 0 Å². The highest BCUT2D eigenvalue weighted by Gasteiger charge is 2.26. The summed E-state index contributed by atoms with van der Waals surface area (Å²) in [6.45, 7) is 4.65. The van der Waals surface area contributed by atoms with Crippen molar-refractivity contribution in [2.45, 2.75) is 31.7 Å². The number of fused-ring (bicyclic) bond motifs is 1. The lowest BCUT2D eigenvalue weighted by Gasteiger charge is -2.27. The van der Waals surface area contributed by atoms with Gasteiger partial charge >= 0.3 is 0 Å². The third-order valence-electron chi connectivity index (χ3n) is 4.71. The van der Waals surface area contributed by atoms with E-state index in [1.807, 2.05) is 6.92 Å². The number of carbonyl (C=O) groups is 1. The minimum atomic E-state index is -3.61. The fraction of sp³-hybridized carbons (Fsp3) is 0.412. The van der Waals surface area contributed by atoms with Gasteiger partial charge in [0.2, 0.25) is 10.0 Å². The van der Waals surface area contributed by atoms with Crippen LogP contribution in [0.5, 0.6) is 0 Å². The number of aryl methyl sites for hydroxylation is 1. The number of rotatable bonds is 3. The summed E-state index contributed by atoms with van der Waals surface area (Å²) in [6, 6.07) is 3.25. The van der Waals surface area contributed by atoms with E-state index >= 15 is 0 Å². The van der Waals surface area contributed by atoms with E-state index in [9.17, 15) is 13.2 Å². The second kappa shape index (κ2) is 6.27. The monoisotopic (exact) mass is 362 g/mol. The summed E-state index contributed by atoms with van der Waals surface area (Å²) in [6.07, 6.45) is 2.45. The summed E-state index contributed by atoms with van der Waals surface area (Å²) >= 11 is 0. The summed E-state index contributed by atoms with van der Waals surface area (Å²) in [5.74, 6) is -0.162. The molecule has 0 atom stereocenters. The van der Waals surface area contributed by atoms with Crippen molar-refractivity contribution >= 4 is 15.9 Å². The van der Waals surface area contributed by atoms with Gasteiger partial charge in [-0.1, -0.05) is 0 Å². The van der Waals surface area contributed by atoms with Crippen molar-refractivity contribution in [2.75, 3.05) is 20.6 Å². The normalized spacial score (nSPS) is 14.7. The molecule has 0 bridgehead atoms. The van der Waals surface area contributed by atoms with Crippen LogP contribution < -0.4 is 0 Å². The zero-order chi connectivity index (χ0) is 18.4. The molecule has 0 radical (unpaired) electrons. The molecule has 3 rings (SSSR count). The average Bonchev–Trinajstić information content (AvgIpc) is 3.03. The molecule has 7 nitrogen and oxygen atoms in total. The zero-order valence-electron chi connectivity index (χ0n) is 14.8. The lowest BCUT2D eigenvalue weighted by atomic mass is 10.0. The largest absolute Gasteiger partial charge is 0.334 e. The molecule has 0 saturated heterocycles. The van der Waals surface area contributed by atoms with Crippen molar-refractivity contribution in [3.63, 3.8) is 0 Å². The van der Waals surface area contributed by atoms with Crippen LogP contribution in [0.4, 0.5) is 0 Å².